The van der Waals surface area contributed by atoms with Crippen LogP contribution in [0.3, 0.4) is 0 Å². The molecule has 4 N–H and O–H groups in total. The van der Waals surface area contributed by atoms with Crippen molar-refractivity contribution in [2.24, 2.45) is 0 Å². The number of aromatic nitrogens is 4. The second kappa shape index (κ2) is 9.18. The van der Waals surface area contributed by atoms with E-state index in [9.17, 15) is 15.0 Å². The standard InChI is InChI=1S/C18H27N7O5/c1-2-19-17(28)14-12(26)13(27)18(30-14)25-10-23-11-15(21-9-22-16(11)25)20-3-4-24-5-7-29-8-6-24/h9-10,12-14,18,26-27H,2-8H2,1H3,(H,19,28)(H,20,21,22)/t12-,13+,14-,18?/m0/s1. The highest BCUT2D eigenvalue weighted by Gasteiger charge is 2.47. The number of fused-ring (bicyclic) bond motifs is 1. The van der Waals surface area contributed by atoms with Gasteiger partial charge < -0.3 is 30.3 Å². The van der Waals surface area contributed by atoms with E-state index in [1.54, 1.807) is 6.92 Å². The summed E-state index contributed by atoms with van der Waals surface area (Å²) in [5.41, 5.74) is 0.956. The summed E-state index contributed by atoms with van der Waals surface area (Å²) < 4.78 is 12.5. The van der Waals surface area contributed by atoms with Gasteiger partial charge in [-0.1, -0.05) is 0 Å². The molecule has 1 unspecified atom stereocenters. The Labute approximate surface area is 173 Å². The van der Waals surface area contributed by atoms with Gasteiger partial charge in [-0.3, -0.25) is 14.3 Å². The first-order chi connectivity index (χ1) is 14.6. The van der Waals surface area contributed by atoms with Crippen molar-refractivity contribution < 1.29 is 24.5 Å². The molecule has 2 saturated heterocycles. The van der Waals surface area contributed by atoms with Crippen LogP contribution >= 0.6 is 0 Å². The number of hydrogen-bond donors (Lipinski definition) is 4. The number of nitrogens with one attached hydrogen (secondary N) is 2. The van der Waals surface area contributed by atoms with E-state index in [0.29, 0.717) is 30.1 Å². The van der Waals surface area contributed by atoms with Gasteiger partial charge in [-0.15, -0.1) is 0 Å². The van der Waals surface area contributed by atoms with Crippen molar-refractivity contribution in [3.05, 3.63) is 12.7 Å². The molecule has 0 saturated carbocycles. The number of hydrogen-bond acceptors (Lipinski definition) is 10. The third-order valence-electron chi connectivity index (χ3n) is 5.30. The first kappa shape index (κ1) is 20.9. The zero-order valence-corrected chi connectivity index (χ0v) is 16.8. The van der Waals surface area contributed by atoms with Crippen molar-refractivity contribution in [3.8, 4) is 0 Å². The molecular formula is C18H27N7O5. The number of morpholine rings is 1. The maximum Gasteiger partial charge on any atom is 0.252 e. The molecule has 164 valence electrons. The molecule has 0 aromatic carbocycles. The number of aliphatic hydroxyl groups excluding tert-OH is 2. The topological polar surface area (TPSA) is 147 Å². The lowest BCUT2D eigenvalue weighted by molar-refractivity contribution is -0.137. The predicted molar refractivity (Wildman–Crippen MR) is 106 cm³/mol. The zero-order chi connectivity index (χ0) is 21.1. The van der Waals surface area contributed by atoms with E-state index in [4.69, 9.17) is 9.47 Å². The Morgan fingerprint density at radius 1 is 1.23 bits per heavy atom. The smallest absolute Gasteiger partial charge is 0.252 e. The van der Waals surface area contributed by atoms with Crippen LogP contribution in [0.1, 0.15) is 13.2 Å². The van der Waals surface area contributed by atoms with Crippen molar-refractivity contribution in [2.75, 3.05) is 51.3 Å². The highest BCUT2D eigenvalue weighted by atomic mass is 16.6. The van der Waals surface area contributed by atoms with E-state index < -0.39 is 30.4 Å². The number of ether oxygens (including phenoxy) is 2. The second-order valence-corrected chi connectivity index (χ2v) is 7.25. The predicted octanol–water partition coefficient (Wildman–Crippen LogP) is -1.67. The van der Waals surface area contributed by atoms with Crippen LogP contribution in [0.4, 0.5) is 5.82 Å². The van der Waals surface area contributed by atoms with E-state index in [2.05, 4.69) is 30.5 Å². The molecule has 0 aliphatic carbocycles. The first-order valence-electron chi connectivity index (χ1n) is 10.1. The van der Waals surface area contributed by atoms with Gasteiger partial charge in [0, 0.05) is 32.7 Å². The van der Waals surface area contributed by atoms with Gasteiger partial charge in [0.05, 0.1) is 19.5 Å². The van der Waals surface area contributed by atoms with Gasteiger partial charge in [0.15, 0.2) is 29.3 Å². The highest BCUT2D eigenvalue weighted by molar-refractivity contribution is 5.83. The maximum absolute atomic E-state index is 12.1. The molecule has 30 heavy (non-hydrogen) atoms. The van der Waals surface area contributed by atoms with Crippen LogP contribution in [0.5, 0.6) is 0 Å². The fourth-order valence-electron chi connectivity index (χ4n) is 3.71. The molecule has 4 heterocycles. The molecule has 0 radical (unpaired) electrons. The number of rotatable bonds is 7. The van der Waals surface area contributed by atoms with E-state index in [1.807, 2.05) is 0 Å². The average molecular weight is 421 g/mol. The molecule has 1 amide bonds. The molecule has 12 nitrogen and oxygen atoms in total. The van der Waals surface area contributed by atoms with E-state index >= 15 is 0 Å². The largest absolute Gasteiger partial charge is 0.387 e. The summed E-state index contributed by atoms with van der Waals surface area (Å²) in [4.78, 5) is 27.3. The van der Waals surface area contributed by atoms with Crippen molar-refractivity contribution in [2.45, 2.75) is 31.5 Å². The van der Waals surface area contributed by atoms with Gasteiger partial charge in [-0.25, -0.2) is 15.0 Å². The minimum atomic E-state index is -1.35. The zero-order valence-electron chi connectivity index (χ0n) is 16.8. The molecule has 2 aliphatic heterocycles. The second-order valence-electron chi connectivity index (χ2n) is 7.25. The van der Waals surface area contributed by atoms with Crippen LogP contribution in [0.2, 0.25) is 0 Å². The molecule has 2 aliphatic rings. The number of carbonyl (C=O) groups is 1. The van der Waals surface area contributed by atoms with Gasteiger partial charge in [0.2, 0.25) is 0 Å². The number of anilines is 1. The lowest BCUT2D eigenvalue weighted by Gasteiger charge is -2.26. The molecule has 0 spiro atoms. The fraction of sp³-hybridized carbons (Fsp3) is 0.667. The number of aliphatic hydroxyl groups is 2. The lowest BCUT2D eigenvalue weighted by Crippen LogP contribution is -2.42. The Balaban J connectivity index is 1.48. The highest BCUT2D eigenvalue weighted by Crippen LogP contribution is 2.32. The Bertz CT molecular complexity index is 872. The SMILES string of the molecule is CCNC(=O)[C@H]1OC(n2cnc3c(NCCN4CCOCC4)ncnc32)[C@H](O)[C@@H]1O. The van der Waals surface area contributed by atoms with Crippen LogP contribution in [-0.2, 0) is 14.3 Å². The van der Waals surface area contributed by atoms with E-state index in [-0.39, 0.29) is 0 Å². The fourth-order valence-corrected chi connectivity index (χ4v) is 3.71. The van der Waals surface area contributed by atoms with Gasteiger partial charge in [0.25, 0.3) is 5.91 Å². The number of carbonyl (C=O) groups excluding carboxylic acids is 1. The lowest BCUT2D eigenvalue weighted by atomic mass is 10.1. The normalized spacial score (nSPS) is 27.4. The van der Waals surface area contributed by atoms with Crippen molar-refractivity contribution in [1.82, 2.24) is 29.7 Å². The van der Waals surface area contributed by atoms with E-state index in [0.717, 1.165) is 32.8 Å². The summed E-state index contributed by atoms with van der Waals surface area (Å²) >= 11 is 0. The van der Waals surface area contributed by atoms with Crippen LogP contribution in [0.15, 0.2) is 12.7 Å². The van der Waals surface area contributed by atoms with Crippen LogP contribution in [0.25, 0.3) is 11.2 Å². The van der Waals surface area contributed by atoms with Crippen molar-refractivity contribution in [1.29, 1.82) is 0 Å². The van der Waals surface area contributed by atoms with Crippen LogP contribution < -0.4 is 10.6 Å². The molecular weight excluding hydrogens is 394 g/mol. The molecule has 0 bridgehead atoms. The van der Waals surface area contributed by atoms with Gasteiger partial charge in [-0.2, -0.15) is 0 Å². The van der Waals surface area contributed by atoms with Crippen molar-refractivity contribution in [3.63, 3.8) is 0 Å². The van der Waals surface area contributed by atoms with Gasteiger partial charge >= 0.3 is 0 Å². The number of imidazole rings is 1. The summed E-state index contributed by atoms with van der Waals surface area (Å²) in [6, 6.07) is 0. The monoisotopic (exact) mass is 421 g/mol. The quantitative estimate of drug-likeness (QED) is 0.409. The summed E-state index contributed by atoms with van der Waals surface area (Å²) in [6.07, 6.45) is -1.96. The van der Waals surface area contributed by atoms with Crippen molar-refractivity contribution >= 4 is 22.9 Å². The van der Waals surface area contributed by atoms with E-state index in [1.165, 1.54) is 17.2 Å². The molecule has 2 aromatic heterocycles. The molecule has 4 atom stereocenters. The van der Waals surface area contributed by atoms with Gasteiger partial charge in [0.1, 0.15) is 18.5 Å². The minimum Gasteiger partial charge on any atom is -0.387 e. The number of likely N-dealkylation sites (N-methyl/N-ethyl adjacent to an activating group) is 1. The minimum absolute atomic E-state index is 0.396. The summed E-state index contributed by atoms with van der Waals surface area (Å²) in [6.45, 7) is 6.99. The average Bonchev–Trinajstić information content (AvgIpc) is 3.31. The molecule has 4 rings (SSSR count). The maximum atomic E-state index is 12.1. The summed E-state index contributed by atoms with van der Waals surface area (Å²) in [5, 5.41) is 26.6. The Kier molecular flexibility index (Phi) is 6.39. The number of amides is 1. The number of nitrogens with zero attached hydrogens (tertiary/aromatic N) is 5. The summed E-state index contributed by atoms with van der Waals surface area (Å²) in [7, 11) is 0. The van der Waals surface area contributed by atoms with Gasteiger partial charge in [-0.05, 0) is 6.92 Å². The Morgan fingerprint density at radius 3 is 2.80 bits per heavy atom. The first-order valence-corrected chi connectivity index (χ1v) is 10.1. The molecule has 2 aromatic rings. The summed E-state index contributed by atoms with van der Waals surface area (Å²) in [5.74, 6) is 0.0939. The van der Waals surface area contributed by atoms with Crippen LogP contribution in [0, 0.1) is 0 Å². The molecule has 12 heteroatoms. The third-order valence-corrected chi connectivity index (χ3v) is 5.30. The third kappa shape index (κ3) is 4.09. The van der Waals surface area contributed by atoms with Crippen LogP contribution in [-0.4, -0.2) is 105 Å². The molecule has 2 fully saturated rings. The Hall–Kier alpha value is -2.38. The Morgan fingerprint density at radius 2 is 2.03 bits per heavy atom.